The lowest BCUT2D eigenvalue weighted by molar-refractivity contribution is 0.0527. The number of benzene rings is 1. The van der Waals surface area contributed by atoms with Crippen LogP contribution in [0.15, 0.2) is 22.8 Å². The van der Waals surface area contributed by atoms with E-state index in [2.05, 4.69) is 0 Å². The van der Waals surface area contributed by atoms with Crippen molar-refractivity contribution in [1.82, 2.24) is 0 Å². The Hall–Kier alpha value is -2.35. The molecule has 0 fully saturated rings. The van der Waals surface area contributed by atoms with Gasteiger partial charge in [-0.3, -0.25) is 0 Å². The summed E-state index contributed by atoms with van der Waals surface area (Å²) < 4.78 is 23.3. The van der Waals surface area contributed by atoms with Gasteiger partial charge >= 0.3 is 5.97 Å². The monoisotopic (exact) mass is 233 g/mol. The third kappa shape index (κ3) is 1.85. The Bertz CT molecular complexity index is 624. The van der Waals surface area contributed by atoms with Gasteiger partial charge in [0, 0.05) is 11.5 Å². The second-order valence-electron chi connectivity index (χ2n) is 3.31. The molecule has 0 aliphatic heterocycles. The summed E-state index contributed by atoms with van der Waals surface area (Å²) in [7, 11) is 0. The standard InChI is InChI=1S/C12H8FNO3/c1-2-16-12(15)9-6-17-11-3-7(5-14)10(13)4-8(9)11/h3-4,6H,2H2,1H3. The first-order chi connectivity index (χ1) is 8.17. The average Bonchev–Trinajstić information content (AvgIpc) is 2.71. The maximum absolute atomic E-state index is 13.4. The van der Waals surface area contributed by atoms with Crippen molar-refractivity contribution in [1.29, 1.82) is 5.26 Å². The minimum atomic E-state index is -0.688. The van der Waals surface area contributed by atoms with Crippen LogP contribution in [0.2, 0.25) is 0 Å². The van der Waals surface area contributed by atoms with E-state index in [4.69, 9.17) is 14.4 Å². The molecule has 0 bridgehead atoms. The number of esters is 1. The van der Waals surface area contributed by atoms with Gasteiger partial charge in [0.2, 0.25) is 0 Å². The van der Waals surface area contributed by atoms with E-state index < -0.39 is 11.8 Å². The van der Waals surface area contributed by atoms with Crippen LogP contribution in [-0.4, -0.2) is 12.6 Å². The van der Waals surface area contributed by atoms with Crippen molar-refractivity contribution in [3.05, 3.63) is 35.3 Å². The van der Waals surface area contributed by atoms with Crippen molar-refractivity contribution in [3.63, 3.8) is 0 Å². The maximum Gasteiger partial charge on any atom is 0.342 e. The van der Waals surface area contributed by atoms with Gasteiger partial charge in [-0.2, -0.15) is 5.26 Å². The second kappa shape index (κ2) is 4.26. The molecule has 4 nitrogen and oxygen atoms in total. The van der Waals surface area contributed by atoms with Gasteiger partial charge in [-0.05, 0) is 13.0 Å². The largest absolute Gasteiger partial charge is 0.463 e. The third-order valence-corrected chi connectivity index (χ3v) is 2.28. The van der Waals surface area contributed by atoms with Gasteiger partial charge in [0.05, 0.1) is 12.2 Å². The number of fused-ring (bicyclic) bond motifs is 1. The molecule has 1 aromatic heterocycles. The van der Waals surface area contributed by atoms with Crippen molar-refractivity contribution < 1.29 is 18.3 Å². The predicted molar refractivity (Wildman–Crippen MR) is 56.8 cm³/mol. The fourth-order valence-electron chi connectivity index (χ4n) is 1.50. The first-order valence-electron chi connectivity index (χ1n) is 4.95. The number of carbonyl (C=O) groups excluding carboxylic acids is 1. The number of nitrogens with zero attached hydrogens (tertiary/aromatic N) is 1. The van der Waals surface area contributed by atoms with E-state index in [1.54, 1.807) is 13.0 Å². The number of carbonyl (C=O) groups is 1. The molecule has 2 aromatic rings. The van der Waals surface area contributed by atoms with Crippen molar-refractivity contribution >= 4 is 16.9 Å². The van der Waals surface area contributed by atoms with Crippen LogP contribution in [0.1, 0.15) is 22.8 Å². The molecule has 0 amide bonds. The lowest BCUT2D eigenvalue weighted by Gasteiger charge is -1.99. The van der Waals surface area contributed by atoms with Crippen LogP contribution in [0.5, 0.6) is 0 Å². The number of hydrogen-bond donors (Lipinski definition) is 0. The Morgan fingerprint density at radius 2 is 2.35 bits per heavy atom. The number of ether oxygens (including phenoxy) is 1. The van der Waals surface area contributed by atoms with Crippen LogP contribution in [0, 0.1) is 17.1 Å². The lowest BCUT2D eigenvalue weighted by Crippen LogP contribution is -2.03. The summed E-state index contributed by atoms with van der Waals surface area (Å²) in [5.74, 6) is -1.26. The van der Waals surface area contributed by atoms with Gasteiger partial charge in [-0.25, -0.2) is 9.18 Å². The van der Waals surface area contributed by atoms with Gasteiger partial charge in [-0.15, -0.1) is 0 Å². The van der Waals surface area contributed by atoms with Gasteiger partial charge in [0.25, 0.3) is 0 Å². The molecule has 17 heavy (non-hydrogen) atoms. The van der Waals surface area contributed by atoms with Crippen molar-refractivity contribution in [3.8, 4) is 6.07 Å². The topological polar surface area (TPSA) is 63.2 Å². The molecule has 0 saturated heterocycles. The van der Waals surface area contributed by atoms with Crippen LogP contribution in [0.4, 0.5) is 4.39 Å². The summed E-state index contributed by atoms with van der Waals surface area (Å²) in [6, 6.07) is 4.06. The van der Waals surface area contributed by atoms with Gasteiger partial charge in [0.15, 0.2) is 0 Å². The molecule has 5 heteroatoms. The smallest absolute Gasteiger partial charge is 0.342 e. The van der Waals surface area contributed by atoms with Crippen LogP contribution in [0.25, 0.3) is 11.0 Å². The van der Waals surface area contributed by atoms with Crippen molar-refractivity contribution in [2.75, 3.05) is 6.61 Å². The summed E-state index contributed by atoms with van der Waals surface area (Å²) in [4.78, 5) is 11.5. The van der Waals surface area contributed by atoms with E-state index in [9.17, 15) is 9.18 Å². The van der Waals surface area contributed by atoms with E-state index in [0.29, 0.717) is 5.39 Å². The Morgan fingerprint density at radius 3 is 3.00 bits per heavy atom. The molecule has 0 aliphatic rings. The fourth-order valence-corrected chi connectivity index (χ4v) is 1.50. The normalized spacial score (nSPS) is 10.2. The summed E-state index contributed by atoms with van der Waals surface area (Å²) in [5.41, 5.74) is 0.318. The molecule has 0 aliphatic carbocycles. The zero-order chi connectivity index (χ0) is 12.4. The number of furan rings is 1. The second-order valence-corrected chi connectivity index (χ2v) is 3.31. The molecule has 1 aromatic carbocycles. The summed E-state index contributed by atoms with van der Waals surface area (Å²) in [6.45, 7) is 1.90. The van der Waals surface area contributed by atoms with Gasteiger partial charge < -0.3 is 9.15 Å². The van der Waals surface area contributed by atoms with Crippen molar-refractivity contribution in [2.45, 2.75) is 6.92 Å². The van der Waals surface area contributed by atoms with E-state index in [0.717, 1.165) is 6.07 Å². The zero-order valence-corrected chi connectivity index (χ0v) is 8.99. The van der Waals surface area contributed by atoms with E-state index in [-0.39, 0.29) is 23.3 Å². The van der Waals surface area contributed by atoms with E-state index >= 15 is 0 Å². The highest BCUT2D eigenvalue weighted by atomic mass is 19.1. The minimum Gasteiger partial charge on any atom is -0.463 e. The molecule has 0 atom stereocenters. The quantitative estimate of drug-likeness (QED) is 0.748. The molecule has 0 saturated carbocycles. The molecule has 86 valence electrons. The lowest BCUT2D eigenvalue weighted by atomic mass is 10.1. The zero-order valence-electron chi connectivity index (χ0n) is 8.99. The van der Waals surface area contributed by atoms with Crippen LogP contribution in [0.3, 0.4) is 0 Å². The molecule has 0 unspecified atom stereocenters. The Morgan fingerprint density at radius 1 is 1.59 bits per heavy atom. The van der Waals surface area contributed by atoms with Gasteiger partial charge in [-0.1, -0.05) is 0 Å². The molecule has 0 N–H and O–H groups in total. The average molecular weight is 233 g/mol. The molecule has 0 radical (unpaired) electrons. The first kappa shape index (κ1) is 11.1. The molecule has 2 rings (SSSR count). The number of halogens is 1. The summed E-state index contributed by atoms with van der Waals surface area (Å²) in [6.07, 6.45) is 1.20. The minimum absolute atomic E-state index is 0.123. The first-order valence-corrected chi connectivity index (χ1v) is 4.95. The summed E-state index contributed by atoms with van der Waals surface area (Å²) >= 11 is 0. The van der Waals surface area contributed by atoms with Gasteiger partial charge in [0.1, 0.15) is 29.3 Å². The summed E-state index contributed by atoms with van der Waals surface area (Å²) in [5, 5.41) is 8.96. The highest BCUT2D eigenvalue weighted by Crippen LogP contribution is 2.24. The SMILES string of the molecule is CCOC(=O)c1coc2cc(C#N)c(F)cc12. The van der Waals surface area contributed by atoms with E-state index in [1.807, 2.05) is 0 Å². The van der Waals surface area contributed by atoms with Crippen LogP contribution >= 0.6 is 0 Å². The predicted octanol–water partition coefficient (Wildman–Crippen LogP) is 2.62. The molecular weight excluding hydrogens is 225 g/mol. The van der Waals surface area contributed by atoms with Crippen molar-refractivity contribution in [2.24, 2.45) is 0 Å². The number of hydrogen-bond acceptors (Lipinski definition) is 4. The number of nitriles is 1. The highest BCUT2D eigenvalue weighted by molar-refractivity contribution is 6.03. The highest BCUT2D eigenvalue weighted by Gasteiger charge is 2.17. The Kier molecular flexibility index (Phi) is 2.79. The Labute approximate surface area is 96.2 Å². The molecule has 1 heterocycles. The van der Waals surface area contributed by atoms with Crippen LogP contribution < -0.4 is 0 Å². The maximum atomic E-state index is 13.4. The number of rotatable bonds is 2. The molecule has 0 spiro atoms. The third-order valence-electron chi connectivity index (χ3n) is 2.28. The molecular formula is C12H8FNO3. The fraction of sp³-hybridized carbons (Fsp3) is 0.167. The van der Waals surface area contributed by atoms with Crippen LogP contribution in [-0.2, 0) is 4.74 Å². The van der Waals surface area contributed by atoms with E-state index in [1.165, 1.54) is 12.3 Å². The Balaban J connectivity index is 2.58.